The fraction of sp³-hybridized carbons (Fsp3) is 0.818. The van der Waals surface area contributed by atoms with Crippen molar-refractivity contribution in [1.29, 1.82) is 0 Å². The van der Waals surface area contributed by atoms with Crippen LogP contribution in [0.25, 0.3) is 0 Å². The third-order valence-corrected chi connectivity index (χ3v) is 3.75. The Kier molecular flexibility index (Phi) is 3.25. The molecule has 0 bridgehead atoms. The Bertz CT molecular complexity index is 352. The topological polar surface area (TPSA) is 63.0 Å². The summed E-state index contributed by atoms with van der Waals surface area (Å²) in [4.78, 5) is 4.18. The number of aliphatic hydroxyl groups is 1. The number of hydrogen-bond donors (Lipinski definition) is 2. The van der Waals surface area contributed by atoms with Crippen LogP contribution >= 0.6 is 0 Å². The Morgan fingerprint density at radius 3 is 3.12 bits per heavy atom. The molecule has 0 aliphatic heterocycles. The van der Waals surface area contributed by atoms with Gasteiger partial charge in [-0.2, -0.15) is 5.10 Å². The molecular weight excluding hydrogens is 204 g/mol. The Morgan fingerprint density at radius 2 is 2.50 bits per heavy atom. The van der Waals surface area contributed by atoms with Gasteiger partial charge in [-0.15, -0.1) is 0 Å². The maximum absolute atomic E-state index is 9.43. The van der Waals surface area contributed by atoms with Gasteiger partial charge >= 0.3 is 0 Å². The largest absolute Gasteiger partial charge is 0.396 e. The smallest absolute Gasteiger partial charge is 0.140 e. The molecule has 2 rings (SSSR count). The number of rotatable bonds is 4. The number of nitrogens with one attached hydrogen (secondary N) is 1. The van der Waals surface area contributed by atoms with Crippen molar-refractivity contribution in [1.82, 2.24) is 20.1 Å². The molecule has 1 aliphatic carbocycles. The first-order valence-electron chi connectivity index (χ1n) is 5.83. The van der Waals surface area contributed by atoms with Crippen molar-refractivity contribution in [2.45, 2.75) is 38.8 Å². The standard InChI is InChI=1S/C11H20N4O/c1-11(7-16)5-3-4-9(11)12-6-10-13-8-14-15(10)2/h8-9,12,16H,3-7H2,1-2H3/t9-,11+/m0/s1. The number of aliphatic hydroxyl groups excluding tert-OH is 1. The normalized spacial score (nSPS) is 29.8. The molecule has 1 aromatic rings. The maximum Gasteiger partial charge on any atom is 0.140 e. The zero-order valence-corrected chi connectivity index (χ0v) is 9.98. The van der Waals surface area contributed by atoms with E-state index < -0.39 is 0 Å². The van der Waals surface area contributed by atoms with Crippen LogP contribution in [0.2, 0.25) is 0 Å². The van der Waals surface area contributed by atoms with E-state index in [1.165, 1.54) is 6.42 Å². The summed E-state index contributed by atoms with van der Waals surface area (Å²) in [5.41, 5.74) is 0.0264. The number of aryl methyl sites for hydroxylation is 1. The van der Waals surface area contributed by atoms with Crippen molar-refractivity contribution < 1.29 is 5.11 Å². The van der Waals surface area contributed by atoms with Gasteiger partial charge in [0.1, 0.15) is 12.2 Å². The summed E-state index contributed by atoms with van der Waals surface area (Å²) >= 11 is 0. The van der Waals surface area contributed by atoms with Gasteiger partial charge in [-0.25, -0.2) is 4.98 Å². The second-order valence-electron chi connectivity index (χ2n) is 4.94. The molecule has 0 radical (unpaired) electrons. The van der Waals surface area contributed by atoms with Crippen LogP contribution in [0.4, 0.5) is 0 Å². The molecule has 0 spiro atoms. The lowest BCUT2D eigenvalue weighted by Crippen LogP contribution is -2.41. The van der Waals surface area contributed by atoms with Crippen LogP contribution in [-0.2, 0) is 13.6 Å². The second-order valence-corrected chi connectivity index (χ2v) is 4.94. The molecule has 0 unspecified atom stereocenters. The van der Waals surface area contributed by atoms with E-state index in [2.05, 4.69) is 22.3 Å². The zero-order valence-electron chi connectivity index (χ0n) is 9.98. The van der Waals surface area contributed by atoms with Gasteiger partial charge in [0, 0.05) is 25.1 Å². The van der Waals surface area contributed by atoms with Crippen molar-refractivity contribution in [3.05, 3.63) is 12.2 Å². The van der Waals surface area contributed by atoms with E-state index in [4.69, 9.17) is 0 Å². The predicted octanol–water partition coefficient (Wildman–Crippen LogP) is 0.456. The molecule has 5 heteroatoms. The first-order valence-corrected chi connectivity index (χ1v) is 5.83. The quantitative estimate of drug-likeness (QED) is 0.779. The van der Waals surface area contributed by atoms with Crippen molar-refractivity contribution in [3.8, 4) is 0 Å². The van der Waals surface area contributed by atoms with Crippen LogP contribution in [-0.4, -0.2) is 32.5 Å². The lowest BCUT2D eigenvalue weighted by Gasteiger charge is -2.30. The molecule has 5 nitrogen and oxygen atoms in total. The molecule has 1 heterocycles. The van der Waals surface area contributed by atoms with E-state index in [1.807, 2.05) is 7.05 Å². The highest BCUT2D eigenvalue weighted by Crippen LogP contribution is 2.37. The van der Waals surface area contributed by atoms with Crippen molar-refractivity contribution >= 4 is 0 Å². The summed E-state index contributed by atoms with van der Waals surface area (Å²) in [5, 5.41) is 17.0. The highest BCUT2D eigenvalue weighted by atomic mass is 16.3. The summed E-state index contributed by atoms with van der Waals surface area (Å²) in [6.45, 7) is 3.12. The monoisotopic (exact) mass is 224 g/mol. The van der Waals surface area contributed by atoms with Crippen molar-refractivity contribution in [2.75, 3.05) is 6.61 Å². The highest BCUT2D eigenvalue weighted by Gasteiger charge is 2.37. The Labute approximate surface area is 95.9 Å². The highest BCUT2D eigenvalue weighted by molar-refractivity contribution is 4.94. The fourth-order valence-electron chi connectivity index (χ4n) is 2.47. The molecule has 0 saturated heterocycles. The minimum Gasteiger partial charge on any atom is -0.396 e. The summed E-state index contributed by atoms with van der Waals surface area (Å²) < 4.78 is 1.78. The van der Waals surface area contributed by atoms with E-state index in [0.29, 0.717) is 6.04 Å². The number of hydrogen-bond acceptors (Lipinski definition) is 4. The summed E-state index contributed by atoms with van der Waals surface area (Å²) in [6, 6.07) is 0.384. The Hall–Kier alpha value is -0.940. The minimum absolute atomic E-state index is 0.0264. The molecule has 0 amide bonds. The fourth-order valence-corrected chi connectivity index (χ4v) is 2.47. The zero-order chi connectivity index (χ0) is 11.6. The average Bonchev–Trinajstić information content (AvgIpc) is 2.83. The van der Waals surface area contributed by atoms with E-state index in [-0.39, 0.29) is 12.0 Å². The Morgan fingerprint density at radius 1 is 1.69 bits per heavy atom. The minimum atomic E-state index is 0.0264. The second kappa shape index (κ2) is 4.51. The molecule has 2 N–H and O–H groups in total. The lowest BCUT2D eigenvalue weighted by atomic mass is 9.86. The first-order chi connectivity index (χ1) is 7.65. The van der Waals surface area contributed by atoms with E-state index in [0.717, 1.165) is 25.2 Å². The van der Waals surface area contributed by atoms with Crippen LogP contribution in [0.5, 0.6) is 0 Å². The summed E-state index contributed by atoms with van der Waals surface area (Å²) in [6.07, 6.45) is 4.99. The van der Waals surface area contributed by atoms with Gasteiger partial charge in [0.05, 0.1) is 6.54 Å². The third-order valence-electron chi connectivity index (χ3n) is 3.75. The summed E-state index contributed by atoms with van der Waals surface area (Å²) in [5.74, 6) is 0.937. The average molecular weight is 224 g/mol. The molecule has 1 aromatic heterocycles. The molecule has 2 atom stereocenters. The van der Waals surface area contributed by atoms with Gasteiger partial charge in [-0.3, -0.25) is 4.68 Å². The van der Waals surface area contributed by atoms with Crippen LogP contribution < -0.4 is 5.32 Å². The van der Waals surface area contributed by atoms with Gasteiger partial charge < -0.3 is 10.4 Å². The maximum atomic E-state index is 9.43. The lowest BCUT2D eigenvalue weighted by molar-refractivity contribution is 0.118. The molecule has 1 fully saturated rings. The van der Waals surface area contributed by atoms with Crippen molar-refractivity contribution in [2.24, 2.45) is 12.5 Å². The number of aromatic nitrogens is 3. The van der Waals surface area contributed by atoms with Gasteiger partial charge in [-0.05, 0) is 12.8 Å². The molecule has 90 valence electrons. The molecule has 0 aromatic carbocycles. The predicted molar refractivity (Wildman–Crippen MR) is 60.7 cm³/mol. The van der Waals surface area contributed by atoms with Crippen LogP contribution in [0.15, 0.2) is 6.33 Å². The first kappa shape index (κ1) is 11.5. The van der Waals surface area contributed by atoms with Crippen LogP contribution in [0.1, 0.15) is 32.0 Å². The van der Waals surface area contributed by atoms with E-state index in [1.54, 1.807) is 11.0 Å². The van der Waals surface area contributed by atoms with Crippen molar-refractivity contribution in [3.63, 3.8) is 0 Å². The van der Waals surface area contributed by atoms with Crippen LogP contribution in [0.3, 0.4) is 0 Å². The van der Waals surface area contributed by atoms with Gasteiger partial charge in [0.25, 0.3) is 0 Å². The number of nitrogens with zero attached hydrogens (tertiary/aromatic N) is 3. The Balaban J connectivity index is 1.93. The van der Waals surface area contributed by atoms with Crippen LogP contribution in [0, 0.1) is 5.41 Å². The molecule has 1 saturated carbocycles. The van der Waals surface area contributed by atoms with Gasteiger partial charge in [0.2, 0.25) is 0 Å². The van der Waals surface area contributed by atoms with Gasteiger partial charge in [0.15, 0.2) is 0 Å². The SMILES string of the molecule is Cn1ncnc1CN[C@H]1CCC[C@]1(C)CO. The molecule has 16 heavy (non-hydrogen) atoms. The molecule has 1 aliphatic rings. The summed E-state index contributed by atoms with van der Waals surface area (Å²) in [7, 11) is 1.89. The van der Waals surface area contributed by atoms with E-state index >= 15 is 0 Å². The van der Waals surface area contributed by atoms with Gasteiger partial charge in [-0.1, -0.05) is 13.3 Å². The molecular formula is C11H20N4O. The van der Waals surface area contributed by atoms with E-state index in [9.17, 15) is 5.11 Å². The third kappa shape index (κ3) is 2.10.